The lowest BCUT2D eigenvalue weighted by atomic mass is 9.74. The molecule has 1 fully saturated rings. The molecule has 188 valence electrons. The number of fused-ring (bicyclic) bond motifs is 1. The van der Waals surface area contributed by atoms with E-state index in [-0.39, 0.29) is 17.7 Å². The van der Waals surface area contributed by atoms with Crippen LogP contribution >= 0.6 is 0 Å². The number of rotatable bonds is 5. The minimum Gasteiger partial charge on any atom is -0.478 e. The van der Waals surface area contributed by atoms with Crippen molar-refractivity contribution in [2.75, 3.05) is 18.0 Å². The van der Waals surface area contributed by atoms with Crippen LogP contribution in [0.1, 0.15) is 39.9 Å². The van der Waals surface area contributed by atoms with Crippen molar-refractivity contribution in [3.8, 4) is 6.07 Å². The van der Waals surface area contributed by atoms with E-state index in [0.717, 1.165) is 11.6 Å². The number of nitriles is 1. The second-order valence-electron chi connectivity index (χ2n) is 9.21. The summed E-state index contributed by atoms with van der Waals surface area (Å²) in [6.45, 7) is 0.851. The fourth-order valence-corrected chi connectivity index (χ4v) is 5.06. The molecule has 5 rings (SSSR count). The molecule has 0 atom stereocenters. The van der Waals surface area contributed by atoms with E-state index in [9.17, 15) is 28.3 Å². The van der Waals surface area contributed by atoms with Gasteiger partial charge in [-0.1, -0.05) is 48.5 Å². The van der Waals surface area contributed by atoms with Crippen molar-refractivity contribution in [3.63, 3.8) is 0 Å². The summed E-state index contributed by atoms with van der Waals surface area (Å²) >= 11 is 0. The van der Waals surface area contributed by atoms with E-state index in [1.54, 1.807) is 16.7 Å². The van der Waals surface area contributed by atoms with E-state index in [2.05, 4.69) is 11.1 Å². The van der Waals surface area contributed by atoms with E-state index >= 15 is 0 Å². The maximum absolute atomic E-state index is 13.7. The summed E-state index contributed by atoms with van der Waals surface area (Å²) < 4.78 is 42.9. The fraction of sp³-hybridized carbons (Fsp3) is 0.250. The first kappa shape index (κ1) is 24.4. The van der Waals surface area contributed by atoms with Gasteiger partial charge in [0.15, 0.2) is 0 Å². The van der Waals surface area contributed by atoms with Crippen molar-refractivity contribution in [2.24, 2.45) is 0 Å². The van der Waals surface area contributed by atoms with Gasteiger partial charge in [-0.25, -0.2) is 9.78 Å². The van der Waals surface area contributed by atoms with Crippen LogP contribution in [0.15, 0.2) is 72.8 Å². The number of carboxylic acid groups (broad SMARTS) is 1. The molecule has 3 aromatic carbocycles. The summed E-state index contributed by atoms with van der Waals surface area (Å²) in [6, 6.07) is 21.9. The van der Waals surface area contributed by atoms with Crippen LogP contribution in [0.25, 0.3) is 11.0 Å². The van der Waals surface area contributed by atoms with Crippen molar-refractivity contribution >= 4 is 23.0 Å². The Labute approximate surface area is 211 Å². The lowest BCUT2D eigenvalue weighted by Gasteiger charge is -2.38. The van der Waals surface area contributed by atoms with E-state index in [1.165, 1.54) is 24.3 Å². The maximum Gasteiger partial charge on any atom is 0.416 e. The zero-order chi connectivity index (χ0) is 26.2. The van der Waals surface area contributed by atoms with Gasteiger partial charge in [-0.05, 0) is 48.2 Å². The van der Waals surface area contributed by atoms with Crippen LogP contribution < -0.4 is 4.90 Å². The first-order valence-corrected chi connectivity index (χ1v) is 11.8. The van der Waals surface area contributed by atoms with Crippen LogP contribution in [0.2, 0.25) is 0 Å². The number of piperidine rings is 1. The van der Waals surface area contributed by atoms with Crippen LogP contribution in [0.4, 0.5) is 19.1 Å². The number of hydrogen-bond donors (Lipinski definition) is 1. The number of alkyl halides is 3. The summed E-state index contributed by atoms with van der Waals surface area (Å²) in [5.74, 6) is -0.658. The van der Waals surface area contributed by atoms with Crippen molar-refractivity contribution in [3.05, 3.63) is 95.1 Å². The van der Waals surface area contributed by atoms with Gasteiger partial charge < -0.3 is 14.6 Å². The number of benzene rings is 3. The molecular formula is C28H23F3N4O2. The summed E-state index contributed by atoms with van der Waals surface area (Å²) in [5.41, 5.74) is 0.619. The molecule has 37 heavy (non-hydrogen) atoms. The van der Waals surface area contributed by atoms with Gasteiger partial charge in [0.1, 0.15) is 0 Å². The van der Waals surface area contributed by atoms with Crippen LogP contribution in [0.3, 0.4) is 0 Å². The molecule has 0 bridgehead atoms. The van der Waals surface area contributed by atoms with Gasteiger partial charge in [0.2, 0.25) is 5.95 Å². The Balaban J connectivity index is 1.55. The highest BCUT2D eigenvalue weighted by atomic mass is 19.4. The number of aromatic carboxylic acids is 1. The molecular weight excluding hydrogens is 481 g/mol. The molecule has 1 aliphatic rings. The van der Waals surface area contributed by atoms with Crippen molar-refractivity contribution in [1.29, 1.82) is 5.26 Å². The van der Waals surface area contributed by atoms with Gasteiger partial charge in [-0.15, -0.1) is 0 Å². The number of aromatic nitrogens is 2. The van der Waals surface area contributed by atoms with Crippen LogP contribution in [-0.2, 0) is 18.1 Å². The molecule has 0 aliphatic carbocycles. The zero-order valence-electron chi connectivity index (χ0n) is 19.7. The van der Waals surface area contributed by atoms with Gasteiger partial charge in [0.05, 0.1) is 40.2 Å². The first-order chi connectivity index (χ1) is 17.7. The monoisotopic (exact) mass is 504 g/mol. The maximum atomic E-state index is 13.7. The number of hydrogen-bond acceptors (Lipinski definition) is 4. The molecule has 1 saturated heterocycles. The summed E-state index contributed by atoms with van der Waals surface area (Å²) in [4.78, 5) is 18.2. The molecule has 6 nitrogen and oxygen atoms in total. The molecule has 1 aliphatic heterocycles. The third kappa shape index (κ3) is 4.51. The zero-order valence-corrected chi connectivity index (χ0v) is 19.7. The number of imidazole rings is 1. The van der Waals surface area contributed by atoms with Crippen LogP contribution in [-0.4, -0.2) is 33.7 Å². The summed E-state index contributed by atoms with van der Waals surface area (Å²) in [6.07, 6.45) is -3.47. The van der Waals surface area contributed by atoms with E-state index < -0.39 is 23.1 Å². The highest BCUT2D eigenvalue weighted by molar-refractivity contribution is 5.93. The topological polar surface area (TPSA) is 82.2 Å². The first-order valence-electron chi connectivity index (χ1n) is 11.8. The predicted molar refractivity (Wildman–Crippen MR) is 132 cm³/mol. The largest absolute Gasteiger partial charge is 0.478 e. The van der Waals surface area contributed by atoms with Gasteiger partial charge >= 0.3 is 12.1 Å². The lowest BCUT2D eigenvalue weighted by Crippen LogP contribution is -2.43. The highest BCUT2D eigenvalue weighted by Gasteiger charge is 2.38. The Kier molecular flexibility index (Phi) is 6.12. The Morgan fingerprint density at radius 1 is 1.03 bits per heavy atom. The van der Waals surface area contributed by atoms with Crippen molar-refractivity contribution in [1.82, 2.24) is 9.55 Å². The highest BCUT2D eigenvalue weighted by Crippen LogP contribution is 2.38. The second kappa shape index (κ2) is 9.28. The Bertz CT molecular complexity index is 1500. The van der Waals surface area contributed by atoms with Crippen molar-refractivity contribution < 1.29 is 23.1 Å². The predicted octanol–water partition coefficient (Wildman–Crippen LogP) is 5.86. The number of carbonyl (C=O) groups is 1. The molecule has 2 heterocycles. The third-order valence-electron chi connectivity index (χ3n) is 7.07. The molecule has 9 heteroatoms. The molecule has 0 saturated carbocycles. The molecule has 0 unspecified atom stereocenters. The number of carboxylic acids is 1. The van der Waals surface area contributed by atoms with Crippen LogP contribution in [0, 0.1) is 11.3 Å². The van der Waals surface area contributed by atoms with Crippen LogP contribution in [0.5, 0.6) is 0 Å². The SMILES string of the molecule is N#CC1(c2ccccc2)CCN(c2nc3cc(C(=O)O)ccc3n2Cc2ccccc2C(F)(F)F)CC1. The van der Waals surface area contributed by atoms with Gasteiger partial charge in [-0.2, -0.15) is 18.4 Å². The van der Waals surface area contributed by atoms with E-state index in [1.807, 2.05) is 35.2 Å². The van der Waals surface area contributed by atoms with Gasteiger partial charge in [0, 0.05) is 13.1 Å². The molecule has 1 N–H and O–H groups in total. The quantitative estimate of drug-likeness (QED) is 0.368. The summed E-state index contributed by atoms with van der Waals surface area (Å²) in [7, 11) is 0. The number of anilines is 1. The Morgan fingerprint density at radius 2 is 1.70 bits per heavy atom. The second-order valence-corrected chi connectivity index (χ2v) is 9.21. The Hall–Kier alpha value is -4.32. The fourth-order valence-electron chi connectivity index (χ4n) is 5.06. The average Bonchev–Trinajstić information content (AvgIpc) is 3.26. The average molecular weight is 505 g/mol. The smallest absolute Gasteiger partial charge is 0.416 e. The van der Waals surface area contributed by atoms with Gasteiger partial charge in [-0.3, -0.25) is 0 Å². The Morgan fingerprint density at radius 3 is 2.35 bits per heavy atom. The minimum absolute atomic E-state index is 0.0469. The van der Waals surface area contributed by atoms with Gasteiger partial charge in [0.25, 0.3) is 0 Å². The molecule has 0 spiro atoms. The summed E-state index contributed by atoms with van der Waals surface area (Å²) in [5, 5.41) is 19.5. The molecule has 1 aromatic heterocycles. The molecule has 0 radical (unpaired) electrons. The molecule has 4 aromatic rings. The van der Waals surface area contributed by atoms with E-state index in [0.29, 0.717) is 42.9 Å². The standard InChI is InChI=1S/C28H23F3N4O2/c29-28(30,31)22-9-5-4-6-20(22)17-35-24-11-10-19(25(36)37)16-23(24)33-26(35)34-14-12-27(18-32,13-15-34)21-7-2-1-3-8-21/h1-11,16H,12-15,17H2,(H,36,37). The third-order valence-corrected chi connectivity index (χ3v) is 7.07. The van der Waals surface area contributed by atoms with Crippen molar-refractivity contribution in [2.45, 2.75) is 31.0 Å². The minimum atomic E-state index is -4.52. The number of nitrogens with zero attached hydrogens (tertiary/aromatic N) is 4. The molecule has 0 amide bonds. The van der Waals surface area contributed by atoms with E-state index in [4.69, 9.17) is 0 Å². The number of halogens is 3. The lowest BCUT2D eigenvalue weighted by molar-refractivity contribution is -0.138. The normalized spacial score (nSPS) is 15.5.